The summed E-state index contributed by atoms with van der Waals surface area (Å²) in [6.45, 7) is 2.11. The second-order valence-corrected chi connectivity index (χ2v) is 6.89. The van der Waals surface area contributed by atoms with Crippen LogP contribution in [0.4, 0.5) is 0 Å². The summed E-state index contributed by atoms with van der Waals surface area (Å²) in [5.74, 6) is -0.971. The molecule has 1 aliphatic rings. The van der Waals surface area contributed by atoms with Crippen molar-refractivity contribution >= 4 is 23.6 Å². The largest absolute Gasteiger partial charge is 0.481 e. The minimum absolute atomic E-state index is 0.181. The average Bonchev–Trinajstić information content (AvgIpc) is 2.54. The van der Waals surface area contributed by atoms with Crippen LogP contribution in [-0.2, 0) is 4.79 Å². The summed E-state index contributed by atoms with van der Waals surface area (Å²) in [4.78, 5) is 25.1. The molecule has 120 valence electrons. The number of aryl methyl sites for hydroxylation is 1. The fourth-order valence-corrected chi connectivity index (χ4v) is 3.45. The van der Waals surface area contributed by atoms with E-state index in [9.17, 15) is 14.7 Å². The second kappa shape index (κ2) is 7.18. The highest BCUT2D eigenvalue weighted by Gasteiger charge is 2.39. The first-order valence-corrected chi connectivity index (χ1v) is 8.87. The van der Waals surface area contributed by atoms with Crippen LogP contribution in [-0.4, -0.2) is 29.8 Å². The molecular weight excluding hydrogens is 298 g/mol. The molecule has 0 atom stereocenters. The maximum atomic E-state index is 12.4. The van der Waals surface area contributed by atoms with Crippen molar-refractivity contribution in [2.24, 2.45) is 5.41 Å². The molecule has 2 N–H and O–H groups in total. The van der Waals surface area contributed by atoms with Gasteiger partial charge in [-0.2, -0.15) is 0 Å². The van der Waals surface area contributed by atoms with E-state index >= 15 is 0 Å². The van der Waals surface area contributed by atoms with Crippen molar-refractivity contribution in [3.05, 3.63) is 29.3 Å². The van der Waals surface area contributed by atoms with Crippen LogP contribution in [0.5, 0.6) is 0 Å². The van der Waals surface area contributed by atoms with Gasteiger partial charge in [0.2, 0.25) is 0 Å². The molecule has 1 aromatic carbocycles. The lowest BCUT2D eigenvalue weighted by Crippen LogP contribution is -2.44. The standard InChI is InChI=1S/C17H23NO3S/c1-12-6-7-13(22-2)10-14(12)15(19)18-11-17(16(20)21)8-4-3-5-9-17/h6-7,10H,3-5,8-9,11H2,1-2H3,(H,18,19)(H,20,21). The van der Waals surface area contributed by atoms with Gasteiger partial charge >= 0.3 is 5.97 Å². The van der Waals surface area contributed by atoms with Gasteiger partial charge in [0.25, 0.3) is 5.91 Å². The lowest BCUT2D eigenvalue weighted by molar-refractivity contribution is -0.150. The van der Waals surface area contributed by atoms with Crippen LogP contribution >= 0.6 is 11.8 Å². The van der Waals surface area contributed by atoms with Crippen LogP contribution in [0.3, 0.4) is 0 Å². The van der Waals surface area contributed by atoms with Gasteiger partial charge < -0.3 is 10.4 Å². The van der Waals surface area contributed by atoms with Gasteiger partial charge in [-0.1, -0.05) is 25.3 Å². The SMILES string of the molecule is CSc1ccc(C)c(C(=O)NCC2(C(=O)O)CCCCC2)c1. The summed E-state index contributed by atoms with van der Waals surface area (Å²) in [6.07, 6.45) is 6.18. The Hall–Kier alpha value is -1.49. The molecule has 0 aromatic heterocycles. The van der Waals surface area contributed by atoms with Crippen LogP contribution in [0.15, 0.2) is 23.1 Å². The lowest BCUT2D eigenvalue weighted by atomic mass is 9.74. The van der Waals surface area contributed by atoms with Crippen LogP contribution in [0, 0.1) is 12.3 Å². The Balaban J connectivity index is 2.10. The van der Waals surface area contributed by atoms with Gasteiger partial charge in [0.15, 0.2) is 0 Å². The number of aliphatic carboxylic acids is 1. The highest BCUT2D eigenvalue weighted by molar-refractivity contribution is 7.98. The zero-order chi connectivity index (χ0) is 16.2. The molecule has 0 saturated heterocycles. The number of hydrogen-bond donors (Lipinski definition) is 2. The number of carbonyl (C=O) groups is 2. The molecule has 0 radical (unpaired) electrons. The van der Waals surface area contributed by atoms with Crippen LogP contribution in [0.2, 0.25) is 0 Å². The van der Waals surface area contributed by atoms with E-state index in [0.717, 1.165) is 29.7 Å². The fraction of sp³-hybridized carbons (Fsp3) is 0.529. The van der Waals surface area contributed by atoms with E-state index in [-0.39, 0.29) is 12.5 Å². The summed E-state index contributed by atoms with van der Waals surface area (Å²) in [7, 11) is 0. The Bertz CT molecular complexity index is 565. The Labute approximate surface area is 135 Å². The predicted octanol–water partition coefficient (Wildman–Crippen LogP) is 3.48. The molecule has 0 unspecified atom stereocenters. The van der Waals surface area contributed by atoms with Gasteiger partial charge in [0.1, 0.15) is 0 Å². The first-order valence-electron chi connectivity index (χ1n) is 7.65. The Kier molecular flexibility index (Phi) is 5.51. The van der Waals surface area contributed by atoms with Crippen molar-refractivity contribution in [2.75, 3.05) is 12.8 Å². The summed E-state index contributed by atoms with van der Waals surface area (Å²) >= 11 is 1.59. The average molecular weight is 321 g/mol. The first-order chi connectivity index (χ1) is 10.5. The number of thioether (sulfide) groups is 1. The molecule has 1 saturated carbocycles. The van der Waals surface area contributed by atoms with Crippen molar-refractivity contribution in [3.8, 4) is 0 Å². The van der Waals surface area contributed by atoms with E-state index in [1.807, 2.05) is 31.4 Å². The zero-order valence-corrected chi connectivity index (χ0v) is 14.0. The van der Waals surface area contributed by atoms with Crippen molar-refractivity contribution in [1.82, 2.24) is 5.32 Å². The van der Waals surface area contributed by atoms with E-state index < -0.39 is 11.4 Å². The molecule has 0 spiro atoms. The van der Waals surface area contributed by atoms with Crippen LogP contribution in [0.1, 0.15) is 48.0 Å². The van der Waals surface area contributed by atoms with E-state index in [1.54, 1.807) is 11.8 Å². The summed E-state index contributed by atoms with van der Waals surface area (Å²) < 4.78 is 0. The van der Waals surface area contributed by atoms with Gasteiger partial charge in [-0.25, -0.2) is 0 Å². The van der Waals surface area contributed by atoms with Gasteiger partial charge in [-0.3, -0.25) is 9.59 Å². The third kappa shape index (κ3) is 3.64. The maximum absolute atomic E-state index is 12.4. The first kappa shape index (κ1) is 16.9. The van der Waals surface area contributed by atoms with Gasteiger partial charge in [-0.15, -0.1) is 11.8 Å². The highest BCUT2D eigenvalue weighted by atomic mass is 32.2. The molecule has 0 bridgehead atoms. The van der Waals surface area contributed by atoms with Crippen molar-refractivity contribution in [2.45, 2.75) is 43.9 Å². The predicted molar refractivity (Wildman–Crippen MR) is 88.4 cm³/mol. The van der Waals surface area contributed by atoms with Gasteiger partial charge in [0.05, 0.1) is 5.41 Å². The van der Waals surface area contributed by atoms with Crippen LogP contribution < -0.4 is 5.32 Å². The Morgan fingerprint density at radius 2 is 1.95 bits per heavy atom. The Morgan fingerprint density at radius 3 is 2.55 bits per heavy atom. The third-order valence-corrected chi connectivity index (χ3v) is 5.27. The number of rotatable bonds is 5. The number of benzene rings is 1. The number of carbonyl (C=O) groups excluding carboxylic acids is 1. The molecule has 1 amide bonds. The number of nitrogens with one attached hydrogen (secondary N) is 1. The van der Waals surface area contributed by atoms with E-state index in [0.29, 0.717) is 18.4 Å². The fourth-order valence-electron chi connectivity index (χ4n) is 3.01. The number of carboxylic acids is 1. The van der Waals surface area contributed by atoms with Crippen LogP contribution in [0.25, 0.3) is 0 Å². The number of hydrogen-bond acceptors (Lipinski definition) is 3. The highest BCUT2D eigenvalue weighted by Crippen LogP contribution is 2.36. The molecule has 1 fully saturated rings. The molecule has 1 aliphatic carbocycles. The molecule has 5 heteroatoms. The number of amides is 1. The van der Waals surface area contributed by atoms with Gasteiger partial charge in [-0.05, 0) is 43.7 Å². The normalized spacial score (nSPS) is 17.0. The van der Waals surface area contributed by atoms with Gasteiger partial charge in [0, 0.05) is 17.0 Å². The maximum Gasteiger partial charge on any atom is 0.311 e. The summed E-state index contributed by atoms with van der Waals surface area (Å²) in [5, 5.41) is 12.4. The zero-order valence-electron chi connectivity index (χ0n) is 13.1. The van der Waals surface area contributed by atoms with Crippen molar-refractivity contribution in [3.63, 3.8) is 0 Å². The van der Waals surface area contributed by atoms with E-state index in [4.69, 9.17) is 0 Å². The number of carboxylic acid groups (broad SMARTS) is 1. The third-order valence-electron chi connectivity index (χ3n) is 4.54. The minimum Gasteiger partial charge on any atom is -0.481 e. The lowest BCUT2D eigenvalue weighted by Gasteiger charge is -2.33. The summed E-state index contributed by atoms with van der Waals surface area (Å²) in [6, 6.07) is 5.77. The van der Waals surface area contributed by atoms with E-state index in [1.165, 1.54) is 0 Å². The minimum atomic E-state index is -0.793. The molecular formula is C17H23NO3S. The summed E-state index contributed by atoms with van der Waals surface area (Å²) in [5.41, 5.74) is 0.741. The molecule has 22 heavy (non-hydrogen) atoms. The molecule has 0 heterocycles. The molecule has 2 rings (SSSR count). The quantitative estimate of drug-likeness (QED) is 0.815. The Morgan fingerprint density at radius 1 is 1.27 bits per heavy atom. The van der Waals surface area contributed by atoms with Crippen molar-refractivity contribution < 1.29 is 14.7 Å². The smallest absolute Gasteiger partial charge is 0.311 e. The topological polar surface area (TPSA) is 66.4 Å². The monoisotopic (exact) mass is 321 g/mol. The van der Waals surface area contributed by atoms with E-state index in [2.05, 4.69) is 5.32 Å². The molecule has 1 aromatic rings. The van der Waals surface area contributed by atoms with Crippen molar-refractivity contribution in [1.29, 1.82) is 0 Å². The molecule has 0 aliphatic heterocycles. The second-order valence-electron chi connectivity index (χ2n) is 6.01. The molecule has 4 nitrogen and oxygen atoms in total.